The summed E-state index contributed by atoms with van der Waals surface area (Å²) in [5.74, 6) is -0.481. The molecule has 1 unspecified atom stereocenters. The Labute approximate surface area is 142 Å². The quantitative estimate of drug-likeness (QED) is 0.784. The molecule has 0 aliphatic rings. The summed E-state index contributed by atoms with van der Waals surface area (Å²) < 4.78 is 0. The maximum absolute atomic E-state index is 12.0. The monoisotopic (exact) mass is 322 g/mol. The van der Waals surface area contributed by atoms with Gasteiger partial charge in [-0.15, -0.1) is 0 Å². The summed E-state index contributed by atoms with van der Waals surface area (Å²) in [7, 11) is 0. The number of hydrogen-bond donors (Lipinski definition) is 2. The largest absolute Gasteiger partial charge is 0.383 e. The second-order valence-electron chi connectivity index (χ2n) is 5.75. The lowest BCUT2D eigenvalue weighted by Crippen LogP contribution is -2.41. The number of aryl methyl sites for hydroxylation is 2. The lowest BCUT2D eigenvalue weighted by molar-refractivity contribution is -0.130. The molecule has 2 N–H and O–H groups in total. The Kier molecular flexibility index (Phi) is 7.00. The van der Waals surface area contributed by atoms with Crippen LogP contribution in [-0.2, 0) is 17.6 Å². The fraction of sp³-hybridized carbons (Fsp3) is 0.300. The summed E-state index contributed by atoms with van der Waals surface area (Å²) in [4.78, 5) is 12.0. The molecular weight excluding hydrogens is 300 g/mol. The zero-order chi connectivity index (χ0) is 17.2. The average Bonchev–Trinajstić information content (AvgIpc) is 2.64. The van der Waals surface area contributed by atoms with E-state index < -0.39 is 18.1 Å². The zero-order valence-corrected chi connectivity index (χ0v) is 13.6. The highest BCUT2D eigenvalue weighted by Gasteiger charge is 2.18. The molecule has 4 heteroatoms. The number of amides is 1. The van der Waals surface area contributed by atoms with Crippen LogP contribution in [0, 0.1) is 11.3 Å². The molecule has 0 spiro atoms. The van der Waals surface area contributed by atoms with E-state index in [-0.39, 0.29) is 0 Å². The van der Waals surface area contributed by atoms with Gasteiger partial charge in [0, 0.05) is 0 Å². The second-order valence-corrected chi connectivity index (χ2v) is 5.75. The maximum Gasteiger partial charge on any atom is 0.249 e. The van der Waals surface area contributed by atoms with Crippen molar-refractivity contribution in [1.82, 2.24) is 5.32 Å². The van der Waals surface area contributed by atoms with Gasteiger partial charge in [0.25, 0.3) is 0 Å². The van der Waals surface area contributed by atoms with E-state index in [0.29, 0.717) is 25.7 Å². The van der Waals surface area contributed by atoms with Gasteiger partial charge in [-0.3, -0.25) is 4.79 Å². The van der Waals surface area contributed by atoms with Gasteiger partial charge in [0.2, 0.25) is 5.91 Å². The Morgan fingerprint density at radius 2 is 1.46 bits per heavy atom. The third kappa shape index (κ3) is 5.86. The highest BCUT2D eigenvalue weighted by molar-refractivity contribution is 5.81. The van der Waals surface area contributed by atoms with Gasteiger partial charge in [-0.25, -0.2) is 0 Å². The molecule has 0 aliphatic carbocycles. The Morgan fingerprint density at radius 3 is 1.96 bits per heavy atom. The van der Waals surface area contributed by atoms with Crippen molar-refractivity contribution in [2.75, 3.05) is 0 Å². The van der Waals surface area contributed by atoms with Gasteiger partial charge in [0.15, 0.2) is 0 Å². The molecule has 2 aromatic rings. The molecule has 124 valence electrons. The van der Waals surface area contributed by atoms with Crippen molar-refractivity contribution in [2.45, 2.75) is 37.8 Å². The first-order valence-corrected chi connectivity index (χ1v) is 8.15. The molecule has 24 heavy (non-hydrogen) atoms. The Morgan fingerprint density at radius 1 is 0.958 bits per heavy atom. The van der Waals surface area contributed by atoms with Crippen LogP contribution in [0.3, 0.4) is 0 Å². The molecule has 2 aromatic carbocycles. The lowest BCUT2D eigenvalue weighted by Gasteiger charge is -2.15. The van der Waals surface area contributed by atoms with Crippen LogP contribution in [-0.4, -0.2) is 23.2 Å². The van der Waals surface area contributed by atoms with Crippen molar-refractivity contribution >= 4 is 5.91 Å². The van der Waals surface area contributed by atoms with Crippen LogP contribution in [0.2, 0.25) is 0 Å². The first kappa shape index (κ1) is 17.7. The van der Waals surface area contributed by atoms with E-state index in [1.807, 2.05) is 60.7 Å². The van der Waals surface area contributed by atoms with E-state index >= 15 is 0 Å². The fourth-order valence-corrected chi connectivity index (χ4v) is 2.47. The maximum atomic E-state index is 12.0. The molecule has 0 saturated carbocycles. The Hall–Kier alpha value is -2.64. The first-order valence-electron chi connectivity index (χ1n) is 8.15. The molecule has 0 aromatic heterocycles. The summed E-state index contributed by atoms with van der Waals surface area (Å²) in [5.41, 5.74) is 2.20. The van der Waals surface area contributed by atoms with E-state index in [1.165, 1.54) is 0 Å². The highest BCUT2D eigenvalue weighted by atomic mass is 16.3. The molecule has 0 heterocycles. The van der Waals surface area contributed by atoms with Gasteiger partial charge in [-0.05, 0) is 36.8 Å². The third-order valence-corrected chi connectivity index (χ3v) is 3.89. The minimum Gasteiger partial charge on any atom is -0.383 e. The molecule has 0 bridgehead atoms. The number of rotatable bonds is 8. The smallest absolute Gasteiger partial charge is 0.249 e. The molecule has 4 nitrogen and oxygen atoms in total. The number of aliphatic hydroxyl groups is 1. The second kappa shape index (κ2) is 9.49. The number of hydrogen-bond acceptors (Lipinski definition) is 3. The van der Waals surface area contributed by atoms with Crippen LogP contribution in [0.1, 0.15) is 24.0 Å². The minimum absolute atomic E-state index is 0.340. The summed E-state index contributed by atoms with van der Waals surface area (Å²) >= 11 is 0. The molecule has 1 amide bonds. The predicted molar refractivity (Wildman–Crippen MR) is 93.1 cm³/mol. The van der Waals surface area contributed by atoms with Gasteiger partial charge in [-0.1, -0.05) is 60.7 Å². The number of carbonyl (C=O) groups excluding carboxylic acids is 1. The number of nitrogens with zero attached hydrogens (tertiary/aromatic N) is 1. The summed E-state index contributed by atoms with van der Waals surface area (Å²) in [6, 6.07) is 21.0. The SMILES string of the molecule is N#C[C@H](CCc1ccccc1)NC(=O)C(O)CCc1ccccc1. The predicted octanol–water partition coefficient (Wildman–Crippen LogP) is 2.62. The Balaban J connectivity index is 1.77. The van der Waals surface area contributed by atoms with Crippen molar-refractivity contribution in [2.24, 2.45) is 0 Å². The molecule has 0 fully saturated rings. The van der Waals surface area contributed by atoms with Crippen molar-refractivity contribution < 1.29 is 9.90 Å². The Bertz CT molecular complexity index is 665. The van der Waals surface area contributed by atoms with Crippen molar-refractivity contribution in [3.8, 4) is 6.07 Å². The summed E-state index contributed by atoms with van der Waals surface area (Å²) in [5, 5.41) is 21.8. The number of benzene rings is 2. The van der Waals surface area contributed by atoms with Crippen molar-refractivity contribution in [1.29, 1.82) is 5.26 Å². The van der Waals surface area contributed by atoms with Crippen molar-refractivity contribution in [3.05, 3.63) is 71.8 Å². The molecule has 0 radical (unpaired) electrons. The van der Waals surface area contributed by atoms with Crippen LogP contribution in [0.4, 0.5) is 0 Å². The van der Waals surface area contributed by atoms with Gasteiger partial charge in [0.05, 0.1) is 6.07 Å². The van der Waals surface area contributed by atoms with Gasteiger partial charge < -0.3 is 10.4 Å². The molecule has 2 atom stereocenters. The van der Waals surface area contributed by atoms with Crippen LogP contribution in [0.5, 0.6) is 0 Å². The molecule has 0 saturated heterocycles. The van der Waals surface area contributed by atoms with E-state index in [2.05, 4.69) is 11.4 Å². The standard InChI is InChI=1S/C20H22N2O2/c21-15-18(13-11-16-7-3-1-4-8-16)22-20(24)19(23)14-12-17-9-5-2-6-10-17/h1-10,18-19,23H,11-14H2,(H,22,24)/t18-,19?/m0/s1. The average molecular weight is 322 g/mol. The lowest BCUT2D eigenvalue weighted by atomic mass is 10.0. The van der Waals surface area contributed by atoms with Gasteiger partial charge in [-0.2, -0.15) is 5.26 Å². The van der Waals surface area contributed by atoms with Gasteiger partial charge >= 0.3 is 0 Å². The number of nitriles is 1. The fourth-order valence-electron chi connectivity index (χ4n) is 2.47. The number of aliphatic hydroxyl groups excluding tert-OH is 1. The topological polar surface area (TPSA) is 73.1 Å². The van der Waals surface area contributed by atoms with E-state index in [4.69, 9.17) is 0 Å². The summed E-state index contributed by atoms with van der Waals surface area (Å²) in [6.07, 6.45) is 1.10. The van der Waals surface area contributed by atoms with Crippen LogP contribution in [0.25, 0.3) is 0 Å². The third-order valence-electron chi connectivity index (χ3n) is 3.89. The highest BCUT2D eigenvalue weighted by Crippen LogP contribution is 2.07. The van der Waals surface area contributed by atoms with Crippen LogP contribution < -0.4 is 5.32 Å². The first-order chi connectivity index (χ1) is 11.7. The number of carbonyl (C=O) groups is 1. The van der Waals surface area contributed by atoms with Crippen LogP contribution in [0.15, 0.2) is 60.7 Å². The van der Waals surface area contributed by atoms with E-state index in [0.717, 1.165) is 11.1 Å². The van der Waals surface area contributed by atoms with E-state index in [9.17, 15) is 15.2 Å². The molecular formula is C20H22N2O2. The molecule has 2 rings (SSSR count). The van der Waals surface area contributed by atoms with E-state index in [1.54, 1.807) is 0 Å². The normalized spacial score (nSPS) is 12.8. The van der Waals surface area contributed by atoms with Crippen LogP contribution >= 0.6 is 0 Å². The molecule has 0 aliphatic heterocycles. The minimum atomic E-state index is -1.10. The van der Waals surface area contributed by atoms with Gasteiger partial charge in [0.1, 0.15) is 12.1 Å². The van der Waals surface area contributed by atoms with Crippen molar-refractivity contribution in [3.63, 3.8) is 0 Å². The summed E-state index contributed by atoms with van der Waals surface area (Å²) in [6.45, 7) is 0. The zero-order valence-electron chi connectivity index (χ0n) is 13.6. The number of nitrogens with one attached hydrogen (secondary N) is 1.